The predicted octanol–water partition coefficient (Wildman–Crippen LogP) is 5.51. The van der Waals surface area contributed by atoms with E-state index in [1.165, 1.54) is 0 Å². The minimum absolute atomic E-state index is 0.0447. The van der Waals surface area contributed by atoms with Crippen LogP contribution in [-0.2, 0) is 9.22 Å². The first-order chi connectivity index (χ1) is 10.6. The third kappa shape index (κ3) is 1.78. The van der Waals surface area contributed by atoms with Crippen molar-refractivity contribution in [3.8, 4) is 0 Å². The Morgan fingerprint density at radius 2 is 1.67 bits per heavy atom. The van der Waals surface area contributed by atoms with Gasteiger partial charge in [0.15, 0.2) is 14.1 Å². The summed E-state index contributed by atoms with van der Waals surface area (Å²) in [4.78, 5) is 12.7. The first kappa shape index (κ1) is 18.1. The molecule has 0 aromatic rings. The van der Waals surface area contributed by atoms with Crippen LogP contribution in [0.25, 0.3) is 0 Å². The van der Waals surface area contributed by atoms with Crippen molar-refractivity contribution in [2.75, 3.05) is 0 Å². The highest BCUT2D eigenvalue weighted by Gasteiger charge is 2.75. The molecule has 0 N–H and O–H groups in total. The summed E-state index contributed by atoms with van der Waals surface area (Å²) < 4.78 is 6.92. The molecule has 0 aromatic heterocycles. The Morgan fingerprint density at radius 1 is 1.08 bits per heavy atom. The Bertz CT molecular complexity index is 651. The molecule has 0 aliphatic heterocycles. The van der Waals surface area contributed by atoms with E-state index in [1.54, 1.807) is 0 Å². The van der Waals surface area contributed by atoms with Crippen LogP contribution in [0.4, 0.5) is 0 Å². The number of allylic oxidation sites excluding steroid dienone is 3. The number of carbonyl (C=O) groups is 1. The van der Waals surface area contributed by atoms with Crippen LogP contribution in [0.5, 0.6) is 0 Å². The second-order valence-corrected chi connectivity index (χ2v) is 15.4. The van der Waals surface area contributed by atoms with Gasteiger partial charge in [-0.1, -0.05) is 66.7 Å². The fourth-order valence-electron chi connectivity index (χ4n) is 5.18. The van der Waals surface area contributed by atoms with Gasteiger partial charge in [-0.3, -0.25) is 4.79 Å². The van der Waals surface area contributed by atoms with Crippen molar-refractivity contribution in [2.24, 2.45) is 21.7 Å². The van der Waals surface area contributed by atoms with Gasteiger partial charge < -0.3 is 4.43 Å². The van der Waals surface area contributed by atoms with Crippen LogP contribution in [0.3, 0.4) is 0 Å². The molecule has 24 heavy (non-hydrogen) atoms. The van der Waals surface area contributed by atoms with Crippen LogP contribution < -0.4 is 0 Å². The molecule has 0 radical (unpaired) electrons. The molecule has 2 nitrogen and oxygen atoms in total. The van der Waals surface area contributed by atoms with Gasteiger partial charge in [-0.2, -0.15) is 0 Å². The predicted molar refractivity (Wildman–Crippen MR) is 102 cm³/mol. The summed E-state index contributed by atoms with van der Waals surface area (Å²) in [5, 5.41) is 0.194. The molecule has 1 fully saturated rings. The maximum absolute atomic E-state index is 12.7. The quantitative estimate of drug-likeness (QED) is 0.486. The van der Waals surface area contributed by atoms with Crippen LogP contribution in [0.15, 0.2) is 24.3 Å². The highest BCUT2D eigenvalue weighted by Crippen LogP contribution is 2.76. The molecule has 3 aliphatic rings. The molecule has 3 aliphatic carbocycles. The summed E-state index contributed by atoms with van der Waals surface area (Å²) in [5.74, 6) is 0.252. The summed E-state index contributed by atoms with van der Waals surface area (Å²) in [6.45, 7) is 20.5. The van der Waals surface area contributed by atoms with Gasteiger partial charge in [0.25, 0.3) is 0 Å². The Hall–Kier alpha value is -0.673. The fraction of sp³-hybridized carbons (Fsp3) is 0.762. The molecular formula is C21H34O2Si. The molecule has 0 saturated heterocycles. The molecule has 0 heterocycles. The van der Waals surface area contributed by atoms with Gasteiger partial charge in [0.1, 0.15) is 0 Å². The second kappa shape index (κ2) is 4.53. The fourth-order valence-corrected chi connectivity index (χ4v) is 6.57. The lowest BCUT2D eigenvalue weighted by molar-refractivity contribution is -0.132. The van der Waals surface area contributed by atoms with Gasteiger partial charge in [-0.05, 0) is 30.6 Å². The van der Waals surface area contributed by atoms with Gasteiger partial charge in [0.05, 0.1) is 6.10 Å². The molecule has 0 aromatic carbocycles. The minimum Gasteiger partial charge on any atom is -0.413 e. The van der Waals surface area contributed by atoms with Crippen molar-refractivity contribution < 1.29 is 9.22 Å². The number of ketones is 1. The average Bonchev–Trinajstić information content (AvgIpc) is 2.76. The lowest BCUT2D eigenvalue weighted by Gasteiger charge is -2.52. The van der Waals surface area contributed by atoms with Crippen molar-refractivity contribution >= 4 is 14.1 Å². The summed E-state index contributed by atoms with van der Waals surface area (Å²) in [5.41, 5.74) is -0.606. The number of hydrogen-bond donors (Lipinski definition) is 0. The Kier molecular flexibility index (Phi) is 3.42. The zero-order chi connectivity index (χ0) is 18.4. The van der Waals surface area contributed by atoms with Crippen LogP contribution in [0.2, 0.25) is 18.1 Å². The summed E-state index contributed by atoms with van der Waals surface area (Å²) >= 11 is 0. The average molecular weight is 347 g/mol. The van der Waals surface area contributed by atoms with Crippen molar-refractivity contribution in [3.63, 3.8) is 0 Å². The topological polar surface area (TPSA) is 26.3 Å². The monoisotopic (exact) mass is 346 g/mol. The Morgan fingerprint density at radius 3 is 2.21 bits per heavy atom. The molecule has 0 spiro atoms. The van der Waals surface area contributed by atoms with Crippen molar-refractivity contribution in [1.29, 1.82) is 0 Å². The van der Waals surface area contributed by atoms with Gasteiger partial charge in [0.2, 0.25) is 0 Å². The summed E-state index contributed by atoms with van der Waals surface area (Å²) in [6, 6.07) is 0. The van der Waals surface area contributed by atoms with E-state index < -0.39 is 8.32 Å². The van der Waals surface area contributed by atoms with E-state index in [4.69, 9.17) is 4.43 Å². The van der Waals surface area contributed by atoms with Gasteiger partial charge in [0, 0.05) is 21.7 Å². The van der Waals surface area contributed by atoms with Gasteiger partial charge in [-0.25, -0.2) is 0 Å². The van der Waals surface area contributed by atoms with Gasteiger partial charge in [-0.15, -0.1) is 0 Å². The lowest BCUT2D eigenvalue weighted by Crippen LogP contribution is -2.52. The SMILES string of the molecule is CC1(C)C(=O)C=C[C@]2(C)[C@@]3(C)C=C[C@@]12C[C@H]3O[Si](C)(C)C(C)(C)C. The normalized spacial score (nSPS) is 43.4. The Labute approximate surface area is 148 Å². The summed E-state index contributed by atoms with van der Waals surface area (Å²) in [6.07, 6.45) is 9.86. The molecule has 2 bridgehead atoms. The van der Waals surface area contributed by atoms with Crippen molar-refractivity contribution in [1.82, 2.24) is 0 Å². The van der Waals surface area contributed by atoms with Crippen LogP contribution >= 0.6 is 0 Å². The number of rotatable bonds is 2. The highest BCUT2D eigenvalue weighted by atomic mass is 28.4. The molecule has 0 amide bonds. The first-order valence-corrected chi connectivity index (χ1v) is 12.2. The van der Waals surface area contributed by atoms with Crippen LogP contribution in [0.1, 0.15) is 54.9 Å². The molecule has 3 rings (SSSR count). The second-order valence-electron chi connectivity index (χ2n) is 10.7. The van der Waals surface area contributed by atoms with E-state index in [1.807, 2.05) is 6.08 Å². The minimum atomic E-state index is -1.86. The van der Waals surface area contributed by atoms with Gasteiger partial charge >= 0.3 is 0 Å². The van der Waals surface area contributed by atoms with E-state index in [-0.39, 0.29) is 38.6 Å². The van der Waals surface area contributed by atoms with E-state index >= 15 is 0 Å². The molecule has 3 heteroatoms. The van der Waals surface area contributed by atoms with Crippen molar-refractivity contribution in [3.05, 3.63) is 24.3 Å². The molecule has 134 valence electrons. The zero-order valence-electron chi connectivity index (χ0n) is 16.9. The molecular weight excluding hydrogens is 312 g/mol. The third-order valence-electron chi connectivity index (χ3n) is 8.48. The maximum atomic E-state index is 12.7. The molecule has 4 atom stereocenters. The zero-order valence-corrected chi connectivity index (χ0v) is 17.9. The largest absolute Gasteiger partial charge is 0.413 e. The lowest BCUT2D eigenvalue weighted by atomic mass is 9.49. The third-order valence-corrected chi connectivity index (χ3v) is 13.0. The maximum Gasteiger partial charge on any atom is 0.192 e. The molecule has 1 saturated carbocycles. The number of hydrogen-bond acceptors (Lipinski definition) is 2. The standard InChI is InChI=1S/C21H34O2Si/c1-17(2,3)24(8,9)23-16-14-21-13-12-19(16,6)20(21,7)11-10-15(22)18(21,4)5/h10-13,16H,14H2,1-9H3/t16-,19+,20-,21-/m1/s1. The smallest absolute Gasteiger partial charge is 0.192 e. The van der Waals surface area contributed by atoms with Crippen molar-refractivity contribution in [2.45, 2.75) is 79.1 Å². The van der Waals surface area contributed by atoms with E-state index in [9.17, 15) is 4.79 Å². The van der Waals surface area contributed by atoms with E-state index in [0.29, 0.717) is 0 Å². The number of carbonyl (C=O) groups excluding carboxylic acids is 1. The summed E-state index contributed by atoms with van der Waals surface area (Å²) in [7, 11) is -1.86. The Balaban J connectivity index is 2.08. The molecule has 0 unspecified atom stereocenters. The van der Waals surface area contributed by atoms with Crippen LogP contribution in [-0.4, -0.2) is 20.2 Å². The van der Waals surface area contributed by atoms with E-state index in [2.05, 4.69) is 79.8 Å². The first-order valence-electron chi connectivity index (χ1n) is 9.27. The van der Waals surface area contributed by atoms with E-state index in [0.717, 1.165) is 6.42 Å². The highest BCUT2D eigenvalue weighted by molar-refractivity contribution is 6.74. The van der Waals surface area contributed by atoms with Crippen LogP contribution in [0, 0.1) is 21.7 Å².